The van der Waals surface area contributed by atoms with Gasteiger partial charge in [0.05, 0.1) is 17.7 Å². The lowest BCUT2D eigenvalue weighted by Crippen LogP contribution is -2.10. The zero-order valence-corrected chi connectivity index (χ0v) is 15.4. The van der Waals surface area contributed by atoms with Crippen molar-refractivity contribution in [2.24, 2.45) is 4.99 Å². The second-order valence-corrected chi connectivity index (χ2v) is 6.86. The number of hydrogen-bond acceptors (Lipinski definition) is 7. The second-order valence-electron chi connectivity index (χ2n) is 5.82. The van der Waals surface area contributed by atoms with Crippen LogP contribution in [0.1, 0.15) is 11.1 Å². The normalized spacial score (nSPS) is 17.0. The average Bonchev–Trinajstić information content (AvgIpc) is 2.93. The van der Waals surface area contributed by atoms with E-state index < -0.39 is 5.97 Å². The van der Waals surface area contributed by atoms with Gasteiger partial charge in [-0.3, -0.25) is 0 Å². The fraction of sp³-hybridized carbons (Fsp3) is 0.100. The summed E-state index contributed by atoms with van der Waals surface area (Å²) in [5.74, 6) is -1.11. The number of phenols is 2. The zero-order valence-electron chi connectivity index (χ0n) is 14.6. The summed E-state index contributed by atoms with van der Waals surface area (Å²) in [6.45, 7) is 1.93. The van der Waals surface area contributed by atoms with Crippen LogP contribution >= 0.6 is 11.8 Å². The number of rotatable bonds is 3. The molecule has 0 atom stereocenters. The van der Waals surface area contributed by atoms with Crippen LogP contribution in [0.3, 0.4) is 0 Å². The van der Waals surface area contributed by atoms with Crippen LogP contribution in [0, 0.1) is 6.92 Å². The Hall–Kier alpha value is -3.19. The van der Waals surface area contributed by atoms with Crippen LogP contribution in [-0.4, -0.2) is 33.4 Å². The Labute approximate surface area is 160 Å². The minimum atomic E-state index is -0.713. The number of nitrogens with zero attached hydrogens (tertiary/aromatic N) is 1. The molecular weight excluding hydrogens is 366 g/mol. The van der Waals surface area contributed by atoms with E-state index in [9.17, 15) is 20.1 Å². The number of aliphatic imine (C=N–C) groups is 1. The van der Waals surface area contributed by atoms with Gasteiger partial charge in [-0.2, -0.15) is 0 Å². The molecule has 6 nitrogen and oxygen atoms in total. The fourth-order valence-electron chi connectivity index (χ4n) is 2.50. The van der Waals surface area contributed by atoms with Gasteiger partial charge < -0.3 is 20.1 Å². The predicted octanol–water partition coefficient (Wildman–Crippen LogP) is 4.21. The highest BCUT2D eigenvalue weighted by atomic mass is 32.2. The van der Waals surface area contributed by atoms with Crippen molar-refractivity contribution in [2.75, 3.05) is 7.11 Å². The van der Waals surface area contributed by atoms with E-state index in [0.717, 1.165) is 17.3 Å². The summed E-state index contributed by atoms with van der Waals surface area (Å²) < 4.78 is 4.77. The van der Waals surface area contributed by atoms with Crippen LogP contribution in [0.4, 0.5) is 5.69 Å². The van der Waals surface area contributed by atoms with Crippen molar-refractivity contribution in [1.29, 1.82) is 0 Å². The number of aryl methyl sites for hydroxylation is 1. The molecule has 0 amide bonds. The first kappa shape index (κ1) is 18.6. The van der Waals surface area contributed by atoms with Gasteiger partial charge in [-0.05, 0) is 48.9 Å². The molecule has 0 aliphatic carbocycles. The Kier molecular flexibility index (Phi) is 5.23. The second kappa shape index (κ2) is 7.59. The van der Waals surface area contributed by atoms with Gasteiger partial charge in [0.15, 0.2) is 0 Å². The van der Waals surface area contributed by atoms with E-state index in [2.05, 4.69) is 4.99 Å². The largest absolute Gasteiger partial charge is 0.508 e. The van der Waals surface area contributed by atoms with Crippen LogP contribution in [-0.2, 0) is 9.53 Å². The molecular formula is C20H17NO5S. The topological polar surface area (TPSA) is 99.4 Å². The Bertz CT molecular complexity index is 1010. The van der Waals surface area contributed by atoms with Crippen molar-refractivity contribution in [3.63, 3.8) is 0 Å². The summed E-state index contributed by atoms with van der Waals surface area (Å²) in [5, 5.41) is 30.4. The number of esters is 1. The van der Waals surface area contributed by atoms with E-state index in [4.69, 9.17) is 4.74 Å². The monoisotopic (exact) mass is 383 g/mol. The standard InChI is InChI=1S/C20H17NO5S/c1-11-4-3-5-13(8-11)21-19-17(20(25)26-2)18(24)16(27-19)10-12-9-14(22)6-7-15(12)23/h3-10,22-24H,1-2H3/b16-10+,21-19?. The third-order valence-electron chi connectivity index (χ3n) is 3.81. The van der Waals surface area contributed by atoms with Crippen molar-refractivity contribution < 1.29 is 24.9 Å². The summed E-state index contributed by atoms with van der Waals surface area (Å²) in [6, 6.07) is 11.4. The molecule has 1 aliphatic rings. The minimum Gasteiger partial charge on any atom is -0.508 e. The highest BCUT2D eigenvalue weighted by Crippen LogP contribution is 2.41. The lowest BCUT2D eigenvalue weighted by atomic mass is 10.1. The number of phenolic OH excluding ortho intramolecular Hbond substituents is 2. The van der Waals surface area contributed by atoms with Crippen molar-refractivity contribution in [2.45, 2.75) is 6.92 Å². The number of thioether (sulfide) groups is 1. The molecule has 0 spiro atoms. The zero-order chi connectivity index (χ0) is 19.6. The highest BCUT2D eigenvalue weighted by molar-refractivity contribution is 8.18. The summed E-state index contributed by atoms with van der Waals surface area (Å²) >= 11 is 1.07. The molecule has 2 aromatic rings. The number of benzene rings is 2. The number of methoxy groups -OCH3 is 1. The van der Waals surface area contributed by atoms with Gasteiger partial charge >= 0.3 is 5.97 Å². The maximum atomic E-state index is 12.2. The fourth-order valence-corrected chi connectivity index (χ4v) is 3.53. The van der Waals surface area contributed by atoms with Crippen LogP contribution in [0.5, 0.6) is 11.5 Å². The molecule has 27 heavy (non-hydrogen) atoms. The molecule has 0 radical (unpaired) electrons. The van der Waals surface area contributed by atoms with Crippen molar-refractivity contribution in [3.8, 4) is 11.5 Å². The summed E-state index contributed by atoms with van der Waals surface area (Å²) in [6.07, 6.45) is 1.47. The number of aliphatic hydroxyl groups excluding tert-OH is 1. The molecule has 7 heteroatoms. The maximum absolute atomic E-state index is 12.2. The van der Waals surface area contributed by atoms with Crippen LogP contribution in [0.2, 0.25) is 0 Å². The molecule has 0 aromatic heterocycles. The van der Waals surface area contributed by atoms with Crippen molar-refractivity contribution in [3.05, 3.63) is 69.8 Å². The Morgan fingerprint density at radius 2 is 1.93 bits per heavy atom. The van der Waals surface area contributed by atoms with E-state index in [-0.39, 0.29) is 27.9 Å². The molecule has 0 unspecified atom stereocenters. The van der Waals surface area contributed by atoms with E-state index >= 15 is 0 Å². The van der Waals surface area contributed by atoms with Crippen LogP contribution in [0.15, 0.2) is 63.7 Å². The van der Waals surface area contributed by atoms with E-state index in [0.29, 0.717) is 16.2 Å². The van der Waals surface area contributed by atoms with Gasteiger partial charge in [0.25, 0.3) is 0 Å². The first-order chi connectivity index (χ1) is 12.9. The number of carbonyl (C=O) groups excluding carboxylic acids is 1. The van der Waals surface area contributed by atoms with Gasteiger partial charge in [0, 0.05) is 5.56 Å². The molecule has 0 saturated heterocycles. The first-order valence-electron chi connectivity index (χ1n) is 7.98. The highest BCUT2D eigenvalue weighted by Gasteiger charge is 2.33. The van der Waals surface area contributed by atoms with Gasteiger partial charge in [-0.15, -0.1) is 0 Å². The maximum Gasteiger partial charge on any atom is 0.344 e. The van der Waals surface area contributed by atoms with Crippen LogP contribution in [0.25, 0.3) is 6.08 Å². The lowest BCUT2D eigenvalue weighted by molar-refractivity contribution is -0.135. The molecule has 0 saturated carbocycles. The van der Waals surface area contributed by atoms with Crippen molar-refractivity contribution >= 4 is 34.5 Å². The average molecular weight is 383 g/mol. The number of aliphatic hydroxyl groups is 1. The van der Waals surface area contributed by atoms with E-state index in [1.165, 1.54) is 31.4 Å². The molecule has 138 valence electrons. The van der Waals surface area contributed by atoms with E-state index in [1.807, 2.05) is 25.1 Å². The summed E-state index contributed by atoms with van der Waals surface area (Å²) in [7, 11) is 1.22. The van der Waals surface area contributed by atoms with Crippen molar-refractivity contribution in [1.82, 2.24) is 0 Å². The molecule has 1 heterocycles. The number of hydrogen-bond donors (Lipinski definition) is 3. The number of ether oxygens (including phenoxy) is 1. The van der Waals surface area contributed by atoms with Gasteiger partial charge in [0.2, 0.25) is 0 Å². The Morgan fingerprint density at radius 3 is 2.63 bits per heavy atom. The smallest absolute Gasteiger partial charge is 0.344 e. The predicted molar refractivity (Wildman–Crippen MR) is 105 cm³/mol. The quantitative estimate of drug-likeness (QED) is 0.542. The SMILES string of the molecule is COC(=O)C1=C(O)/C(=C\c2cc(O)ccc2O)SC1=Nc1cccc(C)c1. The Morgan fingerprint density at radius 1 is 1.15 bits per heavy atom. The third kappa shape index (κ3) is 3.98. The molecule has 3 rings (SSSR count). The van der Waals surface area contributed by atoms with Gasteiger partial charge in [-0.1, -0.05) is 23.9 Å². The van der Waals surface area contributed by atoms with Gasteiger partial charge in [-0.25, -0.2) is 9.79 Å². The molecule has 3 N–H and O–H groups in total. The van der Waals surface area contributed by atoms with Crippen LogP contribution < -0.4 is 0 Å². The molecule has 1 aliphatic heterocycles. The van der Waals surface area contributed by atoms with E-state index in [1.54, 1.807) is 6.07 Å². The van der Waals surface area contributed by atoms with Gasteiger partial charge in [0.1, 0.15) is 27.9 Å². The number of carbonyl (C=O) groups is 1. The Balaban J connectivity index is 2.09. The molecule has 0 fully saturated rings. The third-order valence-corrected chi connectivity index (χ3v) is 4.83. The summed E-state index contributed by atoms with van der Waals surface area (Å²) in [5.41, 5.74) is 1.89. The first-order valence-corrected chi connectivity index (χ1v) is 8.80. The molecule has 0 bridgehead atoms. The summed E-state index contributed by atoms with van der Waals surface area (Å²) in [4.78, 5) is 16.9. The lowest BCUT2D eigenvalue weighted by Gasteiger charge is -2.02. The molecule has 2 aromatic carbocycles. The minimum absolute atomic E-state index is 0.0343. The number of aromatic hydroxyl groups is 2.